The molecule has 1 N–H and O–H groups in total. The summed E-state index contributed by atoms with van der Waals surface area (Å²) >= 11 is 0. The largest absolute Gasteiger partial charge is 0.511 e. The second kappa shape index (κ2) is 11.4. The van der Waals surface area contributed by atoms with Crippen LogP contribution >= 0.6 is 12.4 Å². The first-order valence-electron chi connectivity index (χ1n) is 8.63. The molecular formula is C16H26ClN3O7S. The molecule has 1 saturated heterocycles. The summed E-state index contributed by atoms with van der Waals surface area (Å²) in [6.07, 6.45) is 0.138. The van der Waals surface area contributed by atoms with E-state index in [0.29, 0.717) is 39.2 Å². The Balaban J connectivity index is 0.00000392. The summed E-state index contributed by atoms with van der Waals surface area (Å²) in [6.45, 7) is 5.58. The normalized spacial score (nSPS) is 15.6. The first-order valence-corrected chi connectivity index (χ1v) is 10.1. The van der Waals surface area contributed by atoms with Crippen LogP contribution in [0.2, 0.25) is 0 Å². The molecule has 1 aliphatic rings. The van der Waals surface area contributed by atoms with Gasteiger partial charge in [0, 0.05) is 52.4 Å². The number of methoxy groups -OCH3 is 1. The van der Waals surface area contributed by atoms with E-state index in [4.69, 9.17) is 14.6 Å². The second-order valence-electron chi connectivity index (χ2n) is 5.88. The molecule has 0 aromatic carbocycles. The fourth-order valence-electron chi connectivity index (χ4n) is 2.64. The fourth-order valence-corrected chi connectivity index (χ4v) is 4.02. The van der Waals surface area contributed by atoms with Crippen molar-refractivity contribution >= 4 is 28.6 Å². The third kappa shape index (κ3) is 6.45. The van der Waals surface area contributed by atoms with Crippen molar-refractivity contribution in [3.8, 4) is 11.6 Å². The predicted octanol–water partition coefficient (Wildman–Crippen LogP) is 1.30. The Hall–Kier alpha value is -1.66. The van der Waals surface area contributed by atoms with Crippen LogP contribution in [0.25, 0.3) is 0 Å². The standard InChI is InChI=1S/C16H25N3O7S.ClH/c1-3-18-5-7-19(8-6-18)27(22,23)13-11-14(26-16(20)21)15(17-12-13)25-10-4-9-24-2;/h11-12H,3-10H2,1-2H3,(H,20,21);1H. The highest BCUT2D eigenvalue weighted by Gasteiger charge is 2.29. The number of hydrogen-bond donors (Lipinski definition) is 1. The second-order valence-corrected chi connectivity index (χ2v) is 7.81. The molecule has 1 aromatic heterocycles. The number of ether oxygens (including phenoxy) is 3. The average molecular weight is 440 g/mol. The Morgan fingerprint density at radius 1 is 1.25 bits per heavy atom. The Morgan fingerprint density at radius 3 is 2.50 bits per heavy atom. The van der Waals surface area contributed by atoms with Gasteiger partial charge in [0.2, 0.25) is 10.0 Å². The van der Waals surface area contributed by atoms with Crippen LogP contribution in [-0.2, 0) is 14.8 Å². The summed E-state index contributed by atoms with van der Waals surface area (Å²) < 4.78 is 42.0. The lowest BCUT2D eigenvalue weighted by molar-refractivity contribution is 0.139. The Kier molecular flexibility index (Phi) is 9.90. The van der Waals surface area contributed by atoms with Gasteiger partial charge in [0.1, 0.15) is 4.90 Å². The molecule has 0 aliphatic carbocycles. The summed E-state index contributed by atoms with van der Waals surface area (Å²) in [7, 11) is -2.25. The van der Waals surface area contributed by atoms with Gasteiger partial charge >= 0.3 is 6.16 Å². The number of halogens is 1. The number of hydrogen-bond acceptors (Lipinski definition) is 8. The van der Waals surface area contributed by atoms with Crippen molar-refractivity contribution in [2.24, 2.45) is 0 Å². The van der Waals surface area contributed by atoms with E-state index < -0.39 is 16.2 Å². The molecule has 1 fully saturated rings. The Morgan fingerprint density at radius 2 is 1.93 bits per heavy atom. The van der Waals surface area contributed by atoms with Crippen LogP contribution in [0, 0.1) is 0 Å². The molecule has 0 unspecified atom stereocenters. The molecule has 0 spiro atoms. The van der Waals surface area contributed by atoms with E-state index in [1.54, 1.807) is 7.11 Å². The van der Waals surface area contributed by atoms with Crippen molar-refractivity contribution in [3.63, 3.8) is 0 Å². The summed E-state index contributed by atoms with van der Waals surface area (Å²) in [6, 6.07) is 1.13. The van der Waals surface area contributed by atoms with Crippen molar-refractivity contribution in [1.29, 1.82) is 0 Å². The molecule has 0 radical (unpaired) electrons. The van der Waals surface area contributed by atoms with Gasteiger partial charge in [-0.1, -0.05) is 6.92 Å². The minimum Gasteiger partial charge on any atom is -0.475 e. The summed E-state index contributed by atoms with van der Waals surface area (Å²) in [5.74, 6) is -0.337. The van der Waals surface area contributed by atoms with Crippen molar-refractivity contribution in [2.45, 2.75) is 18.2 Å². The van der Waals surface area contributed by atoms with E-state index in [1.807, 2.05) is 6.92 Å². The number of nitrogens with zero attached hydrogens (tertiary/aromatic N) is 3. The number of pyridine rings is 1. The zero-order valence-electron chi connectivity index (χ0n) is 15.9. The quantitative estimate of drug-likeness (QED) is 0.448. The zero-order valence-corrected chi connectivity index (χ0v) is 17.5. The number of carbonyl (C=O) groups is 1. The highest BCUT2D eigenvalue weighted by Crippen LogP contribution is 2.29. The maximum absolute atomic E-state index is 12.8. The van der Waals surface area contributed by atoms with Gasteiger partial charge < -0.3 is 24.2 Å². The topological polar surface area (TPSA) is 119 Å². The molecule has 2 rings (SSSR count). The van der Waals surface area contributed by atoms with E-state index in [0.717, 1.165) is 18.8 Å². The van der Waals surface area contributed by atoms with E-state index in [2.05, 4.69) is 14.6 Å². The summed E-state index contributed by atoms with van der Waals surface area (Å²) in [5.41, 5.74) is 0. The molecular weight excluding hydrogens is 414 g/mol. The summed E-state index contributed by atoms with van der Waals surface area (Å²) in [5, 5.41) is 8.91. The number of carboxylic acid groups (broad SMARTS) is 1. The smallest absolute Gasteiger partial charge is 0.475 e. The van der Waals surface area contributed by atoms with Crippen LogP contribution in [-0.4, -0.2) is 86.9 Å². The number of piperazine rings is 1. The van der Waals surface area contributed by atoms with E-state index in [9.17, 15) is 13.2 Å². The van der Waals surface area contributed by atoms with Gasteiger partial charge in [-0.25, -0.2) is 18.2 Å². The zero-order chi connectivity index (χ0) is 19.9. The molecule has 28 heavy (non-hydrogen) atoms. The van der Waals surface area contributed by atoms with Gasteiger partial charge in [-0.15, -0.1) is 12.4 Å². The van der Waals surface area contributed by atoms with Crippen molar-refractivity contribution in [1.82, 2.24) is 14.2 Å². The van der Waals surface area contributed by atoms with Crippen LogP contribution < -0.4 is 9.47 Å². The molecule has 160 valence electrons. The number of sulfonamides is 1. The Labute approximate surface area is 170 Å². The van der Waals surface area contributed by atoms with E-state index >= 15 is 0 Å². The highest BCUT2D eigenvalue weighted by molar-refractivity contribution is 7.89. The average Bonchev–Trinajstić information content (AvgIpc) is 2.65. The first kappa shape index (κ1) is 24.4. The molecule has 1 aromatic rings. The third-order valence-corrected chi connectivity index (χ3v) is 6.00. The van der Waals surface area contributed by atoms with E-state index in [1.165, 1.54) is 4.31 Å². The maximum atomic E-state index is 12.8. The minimum absolute atomic E-state index is 0. The van der Waals surface area contributed by atoms with Crippen LogP contribution in [0.3, 0.4) is 0 Å². The Bertz CT molecular complexity index is 740. The lowest BCUT2D eigenvalue weighted by atomic mass is 10.4. The van der Waals surface area contributed by atoms with Gasteiger partial charge in [-0.3, -0.25) is 0 Å². The monoisotopic (exact) mass is 439 g/mol. The van der Waals surface area contributed by atoms with Crippen LogP contribution in [0.5, 0.6) is 11.6 Å². The molecule has 0 bridgehead atoms. The highest BCUT2D eigenvalue weighted by atomic mass is 35.5. The minimum atomic E-state index is -3.80. The molecule has 2 heterocycles. The molecule has 0 amide bonds. The summed E-state index contributed by atoms with van der Waals surface area (Å²) in [4.78, 5) is 16.9. The van der Waals surface area contributed by atoms with Crippen LogP contribution in [0.15, 0.2) is 17.2 Å². The SMILES string of the molecule is CCN1CCN(S(=O)(=O)c2cnc(OCCCOC)c(OC(=O)O)c2)CC1.Cl. The molecule has 0 saturated carbocycles. The van der Waals surface area contributed by atoms with Crippen LogP contribution in [0.1, 0.15) is 13.3 Å². The molecule has 12 heteroatoms. The predicted molar refractivity (Wildman–Crippen MR) is 103 cm³/mol. The fraction of sp³-hybridized carbons (Fsp3) is 0.625. The molecule has 0 atom stereocenters. The maximum Gasteiger partial charge on any atom is 0.511 e. The van der Waals surface area contributed by atoms with Crippen LogP contribution in [0.4, 0.5) is 4.79 Å². The molecule has 1 aliphatic heterocycles. The third-order valence-electron chi connectivity index (χ3n) is 4.14. The van der Waals surface area contributed by atoms with Gasteiger partial charge in [-0.05, 0) is 6.54 Å². The van der Waals surface area contributed by atoms with Crippen molar-refractivity contribution in [3.05, 3.63) is 12.3 Å². The van der Waals surface area contributed by atoms with Gasteiger partial charge in [0.15, 0.2) is 5.75 Å². The lowest BCUT2D eigenvalue weighted by Crippen LogP contribution is -2.48. The lowest BCUT2D eigenvalue weighted by Gasteiger charge is -2.33. The van der Waals surface area contributed by atoms with Gasteiger partial charge in [0.25, 0.3) is 5.88 Å². The number of aromatic nitrogens is 1. The van der Waals surface area contributed by atoms with Crippen molar-refractivity contribution in [2.75, 3.05) is 53.0 Å². The number of rotatable bonds is 9. The molecule has 10 nitrogen and oxygen atoms in total. The van der Waals surface area contributed by atoms with Gasteiger partial charge in [-0.2, -0.15) is 4.31 Å². The van der Waals surface area contributed by atoms with E-state index in [-0.39, 0.29) is 35.5 Å². The number of likely N-dealkylation sites (N-methyl/N-ethyl adjacent to an activating group) is 1. The first-order chi connectivity index (χ1) is 12.9. The van der Waals surface area contributed by atoms with Gasteiger partial charge in [0.05, 0.1) is 12.8 Å². The van der Waals surface area contributed by atoms with Crippen molar-refractivity contribution < 1.29 is 32.5 Å².